The lowest BCUT2D eigenvalue weighted by molar-refractivity contribution is -0.122. The standard InChI is InChI=1S/C16H26N2OS.ClH/c1-4-16(5-2,20-3)12-18-15(19)14(17)11-13-9-7-6-8-10-13;/h6-10,14H,4-5,11-12,17H2,1-3H3,(H,18,19);1H/t14-;/m0./s1. The van der Waals surface area contributed by atoms with Crippen LogP contribution in [0.15, 0.2) is 30.3 Å². The van der Waals surface area contributed by atoms with Gasteiger partial charge in [0, 0.05) is 11.3 Å². The van der Waals surface area contributed by atoms with Gasteiger partial charge in [0.1, 0.15) is 0 Å². The van der Waals surface area contributed by atoms with Crippen molar-refractivity contribution in [2.24, 2.45) is 5.73 Å². The van der Waals surface area contributed by atoms with Crippen molar-refractivity contribution in [3.63, 3.8) is 0 Å². The van der Waals surface area contributed by atoms with Gasteiger partial charge < -0.3 is 11.1 Å². The maximum atomic E-state index is 12.1. The number of thioether (sulfide) groups is 1. The highest BCUT2D eigenvalue weighted by Gasteiger charge is 2.26. The van der Waals surface area contributed by atoms with Crippen LogP contribution in [0.1, 0.15) is 32.3 Å². The van der Waals surface area contributed by atoms with Crippen molar-refractivity contribution in [1.82, 2.24) is 5.32 Å². The number of halogens is 1. The van der Waals surface area contributed by atoms with Crippen LogP contribution in [0.2, 0.25) is 0 Å². The summed E-state index contributed by atoms with van der Waals surface area (Å²) < 4.78 is 0.127. The van der Waals surface area contributed by atoms with Gasteiger partial charge in [-0.1, -0.05) is 44.2 Å². The number of rotatable bonds is 8. The molecule has 1 amide bonds. The Morgan fingerprint density at radius 2 is 1.86 bits per heavy atom. The monoisotopic (exact) mass is 330 g/mol. The molecule has 5 heteroatoms. The van der Waals surface area contributed by atoms with Crippen molar-refractivity contribution in [3.05, 3.63) is 35.9 Å². The topological polar surface area (TPSA) is 55.1 Å². The summed E-state index contributed by atoms with van der Waals surface area (Å²) in [5.41, 5.74) is 7.08. The predicted octanol–water partition coefficient (Wildman–Crippen LogP) is 3.02. The summed E-state index contributed by atoms with van der Waals surface area (Å²) in [4.78, 5) is 12.1. The second kappa shape index (κ2) is 10.1. The fraction of sp³-hybridized carbons (Fsp3) is 0.562. The number of amides is 1. The van der Waals surface area contributed by atoms with E-state index in [0.717, 1.165) is 18.4 Å². The van der Waals surface area contributed by atoms with E-state index in [1.165, 1.54) is 0 Å². The average Bonchev–Trinajstić information content (AvgIpc) is 2.50. The molecule has 0 fully saturated rings. The van der Waals surface area contributed by atoms with Crippen molar-refractivity contribution in [1.29, 1.82) is 0 Å². The molecular formula is C16H27ClN2OS. The van der Waals surface area contributed by atoms with Gasteiger partial charge in [-0.05, 0) is 31.1 Å². The summed E-state index contributed by atoms with van der Waals surface area (Å²) in [6.45, 7) is 5.01. The van der Waals surface area contributed by atoms with Crippen molar-refractivity contribution in [2.45, 2.75) is 43.9 Å². The van der Waals surface area contributed by atoms with Crippen LogP contribution >= 0.6 is 24.2 Å². The minimum Gasteiger partial charge on any atom is -0.353 e. The van der Waals surface area contributed by atoms with E-state index < -0.39 is 6.04 Å². The lowest BCUT2D eigenvalue weighted by Gasteiger charge is -2.30. The lowest BCUT2D eigenvalue weighted by atomic mass is 10.0. The molecule has 1 aromatic rings. The van der Waals surface area contributed by atoms with Gasteiger partial charge >= 0.3 is 0 Å². The van der Waals surface area contributed by atoms with Crippen molar-refractivity contribution < 1.29 is 4.79 Å². The van der Waals surface area contributed by atoms with E-state index in [1.54, 1.807) is 0 Å². The number of hydrogen-bond donors (Lipinski definition) is 2. The molecule has 0 saturated heterocycles. The third-order valence-corrected chi connectivity index (χ3v) is 5.53. The fourth-order valence-corrected chi connectivity index (χ4v) is 2.99. The molecule has 3 N–H and O–H groups in total. The van der Waals surface area contributed by atoms with Crippen LogP contribution in [0.25, 0.3) is 0 Å². The van der Waals surface area contributed by atoms with Gasteiger partial charge in [-0.2, -0.15) is 11.8 Å². The highest BCUT2D eigenvalue weighted by Crippen LogP contribution is 2.29. The summed E-state index contributed by atoms with van der Waals surface area (Å²) >= 11 is 1.82. The Labute approximate surface area is 138 Å². The predicted molar refractivity (Wildman–Crippen MR) is 95.2 cm³/mol. The van der Waals surface area contributed by atoms with Crippen LogP contribution in [-0.2, 0) is 11.2 Å². The van der Waals surface area contributed by atoms with Gasteiger partial charge in [0.15, 0.2) is 0 Å². The van der Waals surface area contributed by atoms with Crippen LogP contribution < -0.4 is 11.1 Å². The minimum absolute atomic E-state index is 0. The lowest BCUT2D eigenvalue weighted by Crippen LogP contribution is -2.47. The van der Waals surface area contributed by atoms with E-state index in [-0.39, 0.29) is 23.1 Å². The van der Waals surface area contributed by atoms with Gasteiger partial charge in [0.2, 0.25) is 5.91 Å². The van der Waals surface area contributed by atoms with Gasteiger partial charge in [0.05, 0.1) is 6.04 Å². The van der Waals surface area contributed by atoms with Crippen LogP contribution in [0.5, 0.6) is 0 Å². The largest absolute Gasteiger partial charge is 0.353 e. The quantitative estimate of drug-likeness (QED) is 0.770. The molecule has 0 aliphatic rings. The Morgan fingerprint density at radius 3 is 2.33 bits per heavy atom. The molecule has 0 aliphatic carbocycles. The molecule has 0 heterocycles. The zero-order valence-electron chi connectivity index (χ0n) is 13.1. The van der Waals surface area contributed by atoms with Crippen LogP contribution in [0.3, 0.4) is 0 Å². The Morgan fingerprint density at radius 1 is 1.29 bits per heavy atom. The number of carbonyl (C=O) groups is 1. The molecule has 21 heavy (non-hydrogen) atoms. The molecule has 0 aliphatic heterocycles. The van der Waals surface area contributed by atoms with E-state index in [4.69, 9.17) is 5.73 Å². The molecule has 0 unspecified atom stereocenters. The number of hydrogen-bond acceptors (Lipinski definition) is 3. The summed E-state index contributed by atoms with van der Waals surface area (Å²) in [6.07, 6.45) is 4.76. The first-order valence-electron chi connectivity index (χ1n) is 7.19. The van der Waals surface area contributed by atoms with E-state index in [2.05, 4.69) is 25.4 Å². The summed E-state index contributed by atoms with van der Waals surface area (Å²) in [5, 5.41) is 3.01. The van der Waals surface area contributed by atoms with Crippen LogP contribution in [0.4, 0.5) is 0 Å². The third-order valence-electron chi connectivity index (χ3n) is 3.94. The first-order chi connectivity index (χ1) is 9.56. The van der Waals surface area contributed by atoms with Gasteiger partial charge in [0.25, 0.3) is 0 Å². The first kappa shape index (κ1) is 20.3. The minimum atomic E-state index is -0.481. The van der Waals surface area contributed by atoms with E-state index >= 15 is 0 Å². The summed E-state index contributed by atoms with van der Waals surface area (Å²) in [7, 11) is 0. The Balaban J connectivity index is 0.00000400. The number of nitrogens with one attached hydrogen (secondary N) is 1. The normalized spacial score (nSPS) is 12.4. The van der Waals surface area contributed by atoms with Crippen molar-refractivity contribution >= 4 is 30.1 Å². The summed E-state index contributed by atoms with van der Waals surface area (Å²) in [5.74, 6) is -0.0609. The zero-order valence-corrected chi connectivity index (χ0v) is 14.7. The highest BCUT2D eigenvalue weighted by atomic mass is 35.5. The summed E-state index contributed by atoms with van der Waals surface area (Å²) in [6, 6.07) is 9.41. The number of carbonyl (C=O) groups excluding carboxylic acids is 1. The third kappa shape index (κ3) is 6.29. The molecule has 0 radical (unpaired) electrons. The number of benzene rings is 1. The molecule has 1 aromatic carbocycles. The SMILES string of the molecule is CCC(CC)(CNC(=O)[C@@H](N)Cc1ccccc1)SC.Cl. The highest BCUT2D eigenvalue weighted by molar-refractivity contribution is 8.00. The molecule has 1 rings (SSSR count). The molecule has 0 aromatic heterocycles. The maximum Gasteiger partial charge on any atom is 0.237 e. The van der Waals surface area contributed by atoms with Crippen molar-refractivity contribution in [2.75, 3.05) is 12.8 Å². The van der Waals surface area contributed by atoms with Gasteiger partial charge in [-0.15, -0.1) is 12.4 Å². The zero-order chi connectivity index (χ0) is 15.0. The average molecular weight is 331 g/mol. The molecule has 3 nitrogen and oxygen atoms in total. The molecular weight excluding hydrogens is 304 g/mol. The smallest absolute Gasteiger partial charge is 0.237 e. The molecule has 120 valence electrons. The van der Waals surface area contributed by atoms with Crippen LogP contribution in [-0.4, -0.2) is 29.5 Å². The Bertz CT molecular complexity index is 402. The molecule has 1 atom stereocenters. The Kier molecular flexibility index (Phi) is 9.75. The van der Waals surface area contributed by atoms with Crippen molar-refractivity contribution in [3.8, 4) is 0 Å². The van der Waals surface area contributed by atoms with E-state index in [9.17, 15) is 4.79 Å². The fourth-order valence-electron chi connectivity index (χ4n) is 2.20. The molecule has 0 saturated carbocycles. The van der Waals surface area contributed by atoms with Gasteiger partial charge in [-0.3, -0.25) is 4.79 Å². The Hall–Kier alpha value is -0.710. The van der Waals surface area contributed by atoms with Crippen LogP contribution in [0, 0.1) is 0 Å². The van der Waals surface area contributed by atoms with E-state index in [1.807, 2.05) is 42.1 Å². The number of nitrogens with two attached hydrogens (primary N) is 1. The van der Waals surface area contributed by atoms with Gasteiger partial charge in [-0.25, -0.2) is 0 Å². The van der Waals surface area contributed by atoms with E-state index in [0.29, 0.717) is 13.0 Å². The maximum absolute atomic E-state index is 12.1. The first-order valence-corrected chi connectivity index (χ1v) is 8.41. The molecule has 0 spiro atoms. The second-order valence-electron chi connectivity index (χ2n) is 5.11. The second-order valence-corrected chi connectivity index (χ2v) is 6.38. The molecule has 0 bridgehead atoms.